The number of nitrogens with zero attached hydrogens (tertiary/aromatic N) is 2. The van der Waals surface area contributed by atoms with Gasteiger partial charge in [-0.05, 0) is 38.2 Å². The summed E-state index contributed by atoms with van der Waals surface area (Å²) in [5.41, 5.74) is 1.56. The van der Waals surface area contributed by atoms with E-state index < -0.39 is 0 Å². The van der Waals surface area contributed by atoms with Crippen LogP contribution < -0.4 is 5.32 Å². The second kappa shape index (κ2) is 6.35. The summed E-state index contributed by atoms with van der Waals surface area (Å²) in [5.74, 6) is 1.26. The highest BCUT2D eigenvalue weighted by Gasteiger charge is 2.03. The van der Waals surface area contributed by atoms with E-state index in [4.69, 9.17) is 5.11 Å². The lowest BCUT2D eigenvalue weighted by Gasteiger charge is -2.13. The van der Waals surface area contributed by atoms with Gasteiger partial charge in [0, 0.05) is 12.7 Å². The average molecular weight is 233 g/mol. The van der Waals surface area contributed by atoms with Gasteiger partial charge in [0.2, 0.25) is 0 Å². The Bertz CT molecular complexity index is 390. The topological polar surface area (TPSA) is 58.0 Å². The molecule has 0 spiro atoms. The predicted octanol–water partition coefficient (Wildman–Crippen LogP) is 2.27. The Morgan fingerprint density at radius 2 is 2.29 bits per heavy atom. The number of hydrogen-bond acceptors (Lipinski definition) is 4. The van der Waals surface area contributed by atoms with Crippen LogP contribution in [0, 0.1) is 0 Å². The summed E-state index contributed by atoms with van der Waals surface area (Å²) < 4.78 is 0. The molecule has 0 radical (unpaired) electrons. The molecule has 0 saturated carbocycles. The van der Waals surface area contributed by atoms with Gasteiger partial charge in [-0.25, -0.2) is 9.97 Å². The summed E-state index contributed by atoms with van der Waals surface area (Å²) in [7, 11) is 0. The van der Waals surface area contributed by atoms with Gasteiger partial charge in [0.05, 0.1) is 0 Å². The van der Waals surface area contributed by atoms with Gasteiger partial charge in [0.1, 0.15) is 12.4 Å². The Kier molecular flexibility index (Phi) is 4.50. The van der Waals surface area contributed by atoms with Crippen LogP contribution in [0.25, 0.3) is 0 Å². The molecule has 4 heteroatoms. The van der Waals surface area contributed by atoms with Gasteiger partial charge in [-0.15, -0.1) is 0 Å². The number of aromatic nitrogens is 2. The largest absolute Gasteiger partial charge is 0.388 e. The molecule has 0 unspecified atom stereocenters. The SMILES string of the molecule is OCc1nccc(NCCC2=CCCCC2)n1. The fourth-order valence-electron chi connectivity index (χ4n) is 2.06. The number of nitrogens with one attached hydrogen (secondary N) is 1. The molecule has 17 heavy (non-hydrogen) atoms. The Balaban J connectivity index is 1.79. The lowest BCUT2D eigenvalue weighted by atomic mass is 9.97. The van der Waals surface area contributed by atoms with Gasteiger partial charge < -0.3 is 10.4 Å². The summed E-state index contributed by atoms with van der Waals surface area (Å²) in [6, 6.07) is 1.83. The number of hydrogen-bond donors (Lipinski definition) is 2. The Morgan fingerprint density at radius 3 is 3.06 bits per heavy atom. The Hall–Kier alpha value is -1.42. The summed E-state index contributed by atoms with van der Waals surface area (Å²) in [6.07, 6.45) is 10.3. The van der Waals surface area contributed by atoms with Crippen LogP contribution in [0.5, 0.6) is 0 Å². The molecule has 1 aliphatic rings. The van der Waals surface area contributed by atoms with E-state index in [2.05, 4.69) is 21.4 Å². The maximum absolute atomic E-state index is 8.93. The molecule has 0 fully saturated rings. The van der Waals surface area contributed by atoms with Crippen molar-refractivity contribution in [2.75, 3.05) is 11.9 Å². The van der Waals surface area contributed by atoms with Crippen molar-refractivity contribution in [2.45, 2.75) is 38.7 Å². The van der Waals surface area contributed by atoms with Crippen LogP contribution >= 0.6 is 0 Å². The predicted molar refractivity (Wildman–Crippen MR) is 67.6 cm³/mol. The molecule has 4 nitrogen and oxygen atoms in total. The number of aliphatic hydroxyl groups excluding tert-OH is 1. The average Bonchev–Trinajstić information content (AvgIpc) is 2.40. The zero-order valence-corrected chi connectivity index (χ0v) is 10.0. The standard InChI is InChI=1S/C13H19N3O/c17-10-13-15-9-7-12(16-13)14-8-6-11-4-2-1-3-5-11/h4,7,9,17H,1-3,5-6,8,10H2,(H,14,15,16). The van der Waals surface area contributed by atoms with E-state index in [0.717, 1.165) is 18.8 Å². The van der Waals surface area contributed by atoms with Crippen LogP contribution in [0.15, 0.2) is 23.9 Å². The highest BCUT2D eigenvalue weighted by molar-refractivity contribution is 5.33. The number of aliphatic hydroxyl groups is 1. The lowest BCUT2D eigenvalue weighted by molar-refractivity contribution is 0.271. The number of anilines is 1. The first-order valence-electron chi connectivity index (χ1n) is 6.23. The maximum atomic E-state index is 8.93. The molecule has 1 aromatic heterocycles. The van der Waals surface area contributed by atoms with Crippen LogP contribution in [0.4, 0.5) is 5.82 Å². The lowest BCUT2D eigenvalue weighted by Crippen LogP contribution is -2.07. The van der Waals surface area contributed by atoms with Crippen LogP contribution in [0.1, 0.15) is 37.9 Å². The summed E-state index contributed by atoms with van der Waals surface area (Å²) in [5, 5.41) is 12.2. The second-order valence-electron chi connectivity index (χ2n) is 4.30. The minimum Gasteiger partial charge on any atom is -0.388 e. The summed E-state index contributed by atoms with van der Waals surface area (Å²) in [6.45, 7) is 0.786. The first kappa shape index (κ1) is 12.0. The van der Waals surface area contributed by atoms with E-state index in [1.807, 2.05) is 6.07 Å². The van der Waals surface area contributed by atoms with Gasteiger partial charge in [0.15, 0.2) is 5.82 Å². The molecule has 1 heterocycles. The molecule has 2 rings (SSSR count). The maximum Gasteiger partial charge on any atom is 0.156 e. The summed E-state index contributed by atoms with van der Waals surface area (Å²) >= 11 is 0. The molecule has 0 saturated heterocycles. The molecule has 0 aliphatic heterocycles. The van der Waals surface area contributed by atoms with E-state index in [9.17, 15) is 0 Å². The van der Waals surface area contributed by atoms with Crippen molar-refractivity contribution in [3.05, 3.63) is 29.7 Å². The fourth-order valence-corrected chi connectivity index (χ4v) is 2.06. The molecule has 2 N–H and O–H groups in total. The quantitative estimate of drug-likeness (QED) is 0.766. The van der Waals surface area contributed by atoms with Crippen molar-refractivity contribution in [1.82, 2.24) is 9.97 Å². The molecule has 1 aromatic rings. The molecule has 0 bridgehead atoms. The van der Waals surface area contributed by atoms with Gasteiger partial charge in [-0.3, -0.25) is 0 Å². The van der Waals surface area contributed by atoms with E-state index in [-0.39, 0.29) is 6.61 Å². The second-order valence-corrected chi connectivity index (χ2v) is 4.30. The molecule has 0 amide bonds. The Labute approximate surface area is 102 Å². The van der Waals surface area contributed by atoms with Gasteiger partial charge in [-0.1, -0.05) is 11.6 Å². The zero-order valence-electron chi connectivity index (χ0n) is 10.0. The third kappa shape index (κ3) is 3.82. The van der Waals surface area contributed by atoms with Crippen molar-refractivity contribution < 1.29 is 5.11 Å². The number of rotatable bonds is 5. The van der Waals surface area contributed by atoms with Crippen LogP contribution in [0.3, 0.4) is 0 Å². The zero-order chi connectivity index (χ0) is 11.9. The Morgan fingerprint density at radius 1 is 1.35 bits per heavy atom. The van der Waals surface area contributed by atoms with Crippen molar-refractivity contribution in [3.8, 4) is 0 Å². The molecular formula is C13H19N3O. The monoisotopic (exact) mass is 233 g/mol. The van der Waals surface area contributed by atoms with Crippen molar-refractivity contribution in [1.29, 1.82) is 0 Å². The minimum absolute atomic E-state index is 0.110. The first-order valence-corrected chi connectivity index (χ1v) is 6.23. The smallest absolute Gasteiger partial charge is 0.156 e. The normalized spacial score (nSPS) is 15.5. The summed E-state index contributed by atoms with van der Waals surface area (Å²) in [4.78, 5) is 8.13. The van der Waals surface area contributed by atoms with Crippen LogP contribution in [-0.4, -0.2) is 21.6 Å². The van der Waals surface area contributed by atoms with Crippen molar-refractivity contribution in [3.63, 3.8) is 0 Å². The molecule has 1 aliphatic carbocycles. The fraction of sp³-hybridized carbons (Fsp3) is 0.538. The van der Waals surface area contributed by atoms with Gasteiger partial charge in [0.25, 0.3) is 0 Å². The molecule has 0 atom stereocenters. The molecule has 92 valence electrons. The van der Waals surface area contributed by atoms with Crippen molar-refractivity contribution >= 4 is 5.82 Å². The van der Waals surface area contributed by atoms with E-state index in [1.54, 1.807) is 11.8 Å². The highest BCUT2D eigenvalue weighted by atomic mass is 16.3. The van der Waals surface area contributed by atoms with Crippen LogP contribution in [-0.2, 0) is 6.61 Å². The highest BCUT2D eigenvalue weighted by Crippen LogP contribution is 2.19. The number of allylic oxidation sites excluding steroid dienone is 1. The minimum atomic E-state index is -0.110. The van der Waals surface area contributed by atoms with Gasteiger partial charge >= 0.3 is 0 Å². The first-order chi connectivity index (χ1) is 8.38. The van der Waals surface area contributed by atoms with Crippen LogP contribution in [0.2, 0.25) is 0 Å². The third-order valence-corrected chi connectivity index (χ3v) is 2.98. The third-order valence-electron chi connectivity index (χ3n) is 2.98. The molecular weight excluding hydrogens is 214 g/mol. The molecule has 0 aromatic carbocycles. The van der Waals surface area contributed by atoms with E-state index in [0.29, 0.717) is 5.82 Å². The van der Waals surface area contributed by atoms with E-state index in [1.165, 1.54) is 25.7 Å². The van der Waals surface area contributed by atoms with Crippen molar-refractivity contribution in [2.24, 2.45) is 0 Å². The van der Waals surface area contributed by atoms with Gasteiger partial charge in [-0.2, -0.15) is 0 Å². The van der Waals surface area contributed by atoms with E-state index >= 15 is 0 Å².